The maximum atomic E-state index is 4.65. The largest absolute Gasteiger partial charge is 0.371 e. The fraction of sp³-hybridized carbons (Fsp3) is 0.320. The number of anilines is 1. The van der Waals surface area contributed by atoms with Gasteiger partial charge >= 0.3 is 0 Å². The second kappa shape index (κ2) is 7.56. The van der Waals surface area contributed by atoms with Gasteiger partial charge in [-0.05, 0) is 72.2 Å². The minimum atomic E-state index is 0.845. The van der Waals surface area contributed by atoms with E-state index in [-0.39, 0.29) is 0 Å². The lowest BCUT2D eigenvalue weighted by Gasteiger charge is -2.33. The van der Waals surface area contributed by atoms with Gasteiger partial charge in [0.15, 0.2) is 0 Å². The quantitative estimate of drug-likeness (QED) is 0.551. The molecule has 0 N–H and O–H groups in total. The first-order valence-corrected chi connectivity index (χ1v) is 10.00. The summed E-state index contributed by atoms with van der Waals surface area (Å²) < 4.78 is 0. The summed E-state index contributed by atoms with van der Waals surface area (Å²) in [5.41, 5.74) is 6.20. The van der Waals surface area contributed by atoms with E-state index in [1.165, 1.54) is 46.0 Å². The minimum absolute atomic E-state index is 0.845. The molecule has 0 atom stereocenters. The van der Waals surface area contributed by atoms with Crippen LogP contribution in [-0.2, 0) is 0 Å². The van der Waals surface area contributed by atoms with E-state index in [1.807, 2.05) is 6.20 Å². The van der Waals surface area contributed by atoms with Gasteiger partial charge in [-0.2, -0.15) is 0 Å². The van der Waals surface area contributed by atoms with Gasteiger partial charge in [0.2, 0.25) is 0 Å². The number of piperidine rings is 1. The van der Waals surface area contributed by atoms with Gasteiger partial charge in [-0.1, -0.05) is 49.4 Å². The SMILES string of the molecule is Cc1cnc(C=Cc2cccc3cccc(C)c23)cc1N1CCC(C)CC1. The fourth-order valence-corrected chi connectivity index (χ4v) is 4.09. The maximum Gasteiger partial charge on any atom is 0.0650 e. The Morgan fingerprint density at radius 3 is 2.48 bits per heavy atom. The summed E-state index contributed by atoms with van der Waals surface area (Å²) >= 11 is 0. The summed E-state index contributed by atoms with van der Waals surface area (Å²) in [6.45, 7) is 9.01. The van der Waals surface area contributed by atoms with Crippen LogP contribution in [0.3, 0.4) is 0 Å². The standard InChI is InChI=1S/C25H28N2/c1-18-12-14-27(15-13-18)24-16-23(26-17-20(24)3)11-10-22-9-5-8-21-7-4-6-19(2)25(21)22/h4-11,16-18H,12-15H2,1-3H3. The van der Waals surface area contributed by atoms with Crippen LogP contribution in [0.15, 0.2) is 48.7 Å². The second-order valence-corrected chi connectivity index (χ2v) is 7.92. The number of hydrogen-bond donors (Lipinski definition) is 0. The molecular formula is C25H28N2. The molecule has 1 aromatic heterocycles. The van der Waals surface area contributed by atoms with Crippen molar-refractivity contribution in [2.75, 3.05) is 18.0 Å². The molecule has 2 nitrogen and oxygen atoms in total. The van der Waals surface area contributed by atoms with E-state index < -0.39 is 0 Å². The highest BCUT2D eigenvalue weighted by Crippen LogP contribution is 2.28. The monoisotopic (exact) mass is 356 g/mol. The predicted molar refractivity (Wildman–Crippen MR) is 117 cm³/mol. The summed E-state index contributed by atoms with van der Waals surface area (Å²) in [5.74, 6) is 0.845. The van der Waals surface area contributed by atoms with Crippen LogP contribution in [0.4, 0.5) is 5.69 Å². The van der Waals surface area contributed by atoms with Crippen molar-refractivity contribution >= 4 is 28.6 Å². The Hall–Kier alpha value is -2.61. The number of pyridine rings is 1. The van der Waals surface area contributed by atoms with Gasteiger partial charge in [-0.15, -0.1) is 0 Å². The first-order valence-electron chi connectivity index (χ1n) is 10.00. The molecule has 0 bridgehead atoms. The number of rotatable bonds is 3. The Labute approximate surface area is 162 Å². The molecule has 0 aliphatic carbocycles. The molecule has 2 heterocycles. The van der Waals surface area contributed by atoms with Crippen molar-refractivity contribution in [3.63, 3.8) is 0 Å². The molecule has 2 heteroatoms. The highest BCUT2D eigenvalue weighted by Gasteiger charge is 2.17. The van der Waals surface area contributed by atoms with Crippen LogP contribution in [0.1, 0.15) is 42.1 Å². The highest BCUT2D eigenvalue weighted by molar-refractivity contribution is 5.95. The molecule has 0 radical (unpaired) electrons. The predicted octanol–water partition coefficient (Wildman–Crippen LogP) is 6.26. The second-order valence-electron chi connectivity index (χ2n) is 7.92. The Balaban J connectivity index is 1.65. The molecule has 138 valence electrons. The summed E-state index contributed by atoms with van der Waals surface area (Å²) in [6, 6.07) is 15.2. The van der Waals surface area contributed by atoms with Gasteiger partial charge in [-0.25, -0.2) is 0 Å². The van der Waals surface area contributed by atoms with E-state index in [0.717, 1.165) is 24.7 Å². The van der Waals surface area contributed by atoms with Crippen molar-refractivity contribution in [2.24, 2.45) is 5.92 Å². The average molecular weight is 357 g/mol. The van der Waals surface area contributed by atoms with Gasteiger partial charge in [0.05, 0.1) is 5.69 Å². The average Bonchev–Trinajstić information content (AvgIpc) is 2.68. The molecule has 4 rings (SSSR count). The van der Waals surface area contributed by atoms with E-state index in [4.69, 9.17) is 0 Å². The lowest BCUT2D eigenvalue weighted by Crippen LogP contribution is -2.33. The van der Waals surface area contributed by atoms with E-state index in [9.17, 15) is 0 Å². The lowest BCUT2D eigenvalue weighted by molar-refractivity contribution is 0.438. The van der Waals surface area contributed by atoms with Gasteiger partial charge in [-0.3, -0.25) is 4.98 Å². The molecule has 1 aliphatic rings. The minimum Gasteiger partial charge on any atom is -0.371 e. The molecule has 27 heavy (non-hydrogen) atoms. The molecule has 1 saturated heterocycles. The van der Waals surface area contributed by atoms with Crippen molar-refractivity contribution in [3.8, 4) is 0 Å². The van der Waals surface area contributed by atoms with Crippen molar-refractivity contribution in [2.45, 2.75) is 33.6 Å². The zero-order chi connectivity index (χ0) is 18.8. The highest BCUT2D eigenvalue weighted by atomic mass is 15.1. The van der Waals surface area contributed by atoms with Crippen LogP contribution in [0, 0.1) is 19.8 Å². The van der Waals surface area contributed by atoms with Crippen LogP contribution < -0.4 is 4.90 Å². The number of benzene rings is 2. The molecule has 1 aliphatic heterocycles. The molecular weight excluding hydrogens is 328 g/mol. The fourth-order valence-electron chi connectivity index (χ4n) is 4.09. The first-order chi connectivity index (χ1) is 13.1. The van der Waals surface area contributed by atoms with Crippen molar-refractivity contribution in [3.05, 3.63) is 71.0 Å². The van der Waals surface area contributed by atoms with Crippen molar-refractivity contribution in [1.29, 1.82) is 0 Å². The Bertz CT molecular complexity index is 974. The third-order valence-corrected chi connectivity index (χ3v) is 5.80. The van der Waals surface area contributed by atoms with Crippen LogP contribution in [-0.4, -0.2) is 18.1 Å². The van der Waals surface area contributed by atoms with Gasteiger partial charge < -0.3 is 4.90 Å². The van der Waals surface area contributed by atoms with Crippen molar-refractivity contribution < 1.29 is 0 Å². The van der Waals surface area contributed by atoms with Crippen LogP contribution in [0.5, 0.6) is 0 Å². The smallest absolute Gasteiger partial charge is 0.0650 e. The third-order valence-electron chi connectivity index (χ3n) is 5.80. The van der Waals surface area contributed by atoms with Crippen LogP contribution >= 0.6 is 0 Å². The number of fused-ring (bicyclic) bond motifs is 1. The molecule has 1 fully saturated rings. The molecule has 0 saturated carbocycles. The summed E-state index contributed by atoms with van der Waals surface area (Å²) in [4.78, 5) is 7.18. The third kappa shape index (κ3) is 3.75. The zero-order valence-corrected chi connectivity index (χ0v) is 16.6. The molecule has 2 aromatic carbocycles. The van der Waals surface area contributed by atoms with E-state index in [2.05, 4.69) is 85.3 Å². The summed E-state index contributed by atoms with van der Waals surface area (Å²) in [6.07, 6.45) is 8.93. The molecule has 0 amide bonds. The Morgan fingerprint density at radius 1 is 0.963 bits per heavy atom. The van der Waals surface area contributed by atoms with E-state index >= 15 is 0 Å². The number of aromatic nitrogens is 1. The zero-order valence-electron chi connectivity index (χ0n) is 16.6. The summed E-state index contributed by atoms with van der Waals surface area (Å²) in [7, 11) is 0. The van der Waals surface area contributed by atoms with Crippen LogP contribution in [0.2, 0.25) is 0 Å². The topological polar surface area (TPSA) is 16.1 Å². The van der Waals surface area contributed by atoms with Gasteiger partial charge in [0.1, 0.15) is 0 Å². The first kappa shape index (κ1) is 17.8. The number of hydrogen-bond acceptors (Lipinski definition) is 2. The Morgan fingerprint density at radius 2 is 1.70 bits per heavy atom. The summed E-state index contributed by atoms with van der Waals surface area (Å²) in [5, 5.41) is 2.62. The Kier molecular flexibility index (Phi) is 4.98. The molecule has 0 spiro atoms. The van der Waals surface area contributed by atoms with Gasteiger partial charge in [0, 0.05) is 25.0 Å². The van der Waals surface area contributed by atoms with Crippen molar-refractivity contribution in [1.82, 2.24) is 4.98 Å². The maximum absolute atomic E-state index is 4.65. The molecule has 3 aromatic rings. The van der Waals surface area contributed by atoms with E-state index in [1.54, 1.807) is 0 Å². The van der Waals surface area contributed by atoms with E-state index in [0.29, 0.717) is 0 Å². The number of nitrogens with zero attached hydrogens (tertiary/aromatic N) is 2. The molecule has 0 unspecified atom stereocenters. The normalized spacial score (nSPS) is 15.7. The lowest BCUT2D eigenvalue weighted by atomic mass is 9.98. The number of aryl methyl sites for hydroxylation is 2. The van der Waals surface area contributed by atoms with Crippen LogP contribution in [0.25, 0.3) is 22.9 Å². The van der Waals surface area contributed by atoms with Gasteiger partial charge in [0.25, 0.3) is 0 Å².